The molecule has 114 valence electrons. The summed E-state index contributed by atoms with van der Waals surface area (Å²) in [6.45, 7) is 2.07. The van der Waals surface area contributed by atoms with Crippen molar-refractivity contribution < 1.29 is 8.78 Å². The van der Waals surface area contributed by atoms with Gasteiger partial charge < -0.3 is 4.90 Å². The van der Waals surface area contributed by atoms with E-state index in [1.54, 1.807) is 4.68 Å². The lowest BCUT2D eigenvalue weighted by Gasteiger charge is -2.23. The predicted molar refractivity (Wildman–Crippen MR) is 77.8 cm³/mol. The van der Waals surface area contributed by atoms with E-state index in [1.165, 1.54) is 12.1 Å². The van der Waals surface area contributed by atoms with Gasteiger partial charge in [-0.25, -0.2) is 8.78 Å². The molecule has 0 saturated carbocycles. The topological polar surface area (TPSA) is 44.9 Å². The van der Waals surface area contributed by atoms with Crippen molar-refractivity contribution in [2.24, 2.45) is 0 Å². The number of halogens is 2. The first-order valence-electron chi connectivity index (χ1n) is 7.19. The highest BCUT2D eigenvalue weighted by atomic mass is 19.1. The summed E-state index contributed by atoms with van der Waals surface area (Å²) in [5.74, 6) is -1.21. The third-order valence-electron chi connectivity index (χ3n) is 3.95. The fourth-order valence-electron chi connectivity index (χ4n) is 2.86. The van der Waals surface area contributed by atoms with Gasteiger partial charge in [-0.1, -0.05) is 0 Å². The average Bonchev–Trinajstić information content (AvgIpc) is 2.83. The van der Waals surface area contributed by atoms with Crippen LogP contribution in [0.1, 0.15) is 17.7 Å². The molecular formula is C16H16F2N4. The average molecular weight is 302 g/mol. The van der Waals surface area contributed by atoms with Crippen LogP contribution in [0, 0.1) is 23.0 Å². The molecule has 2 heterocycles. The highest BCUT2D eigenvalue weighted by molar-refractivity contribution is 5.65. The SMILES string of the molecule is CN1CCc2c(c(-c3ccc(F)cc3F)nn2CCC#N)C1. The third kappa shape index (κ3) is 2.60. The first-order valence-corrected chi connectivity index (χ1v) is 7.19. The molecule has 0 amide bonds. The summed E-state index contributed by atoms with van der Waals surface area (Å²) in [6, 6.07) is 5.65. The monoisotopic (exact) mass is 302 g/mol. The summed E-state index contributed by atoms with van der Waals surface area (Å²) >= 11 is 0. The molecule has 0 fully saturated rings. The minimum absolute atomic E-state index is 0.309. The largest absolute Gasteiger partial charge is 0.302 e. The van der Waals surface area contributed by atoms with Gasteiger partial charge in [-0.05, 0) is 19.2 Å². The smallest absolute Gasteiger partial charge is 0.135 e. The van der Waals surface area contributed by atoms with Gasteiger partial charge >= 0.3 is 0 Å². The van der Waals surface area contributed by atoms with Gasteiger partial charge in [0.05, 0.1) is 19.0 Å². The molecule has 4 nitrogen and oxygen atoms in total. The molecule has 0 bridgehead atoms. The Hall–Kier alpha value is -2.26. The zero-order valence-corrected chi connectivity index (χ0v) is 12.3. The molecule has 2 aromatic rings. The Kier molecular flexibility index (Phi) is 3.90. The quantitative estimate of drug-likeness (QED) is 0.875. The maximum Gasteiger partial charge on any atom is 0.135 e. The summed E-state index contributed by atoms with van der Waals surface area (Å²) in [5.41, 5.74) is 2.88. The van der Waals surface area contributed by atoms with Crippen molar-refractivity contribution in [2.45, 2.75) is 25.9 Å². The lowest BCUT2D eigenvalue weighted by atomic mass is 10.0. The van der Waals surface area contributed by atoms with Crippen LogP contribution in [-0.4, -0.2) is 28.3 Å². The van der Waals surface area contributed by atoms with Gasteiger partial charge in [-0.2, -0.15) is 10.4 Å². The first kappa shape index (κ1) is 14.7. The number of benzene rings is 1. The van der Waals surface area contributed by atoms with Gasteiger partial charge in [0.15, 0.2) is 0 Å². The Balaban J connectivity index is 2.11. The lowest BCUT2D eigenvalue weighted by Crippen LogP contribution is -2.27. The minimum atomic E-state index is -0.610. The molecule has 22 heavy (non-hydrogen) atoms. The first-order chi connectivity index (χ1) is 10.6. The van der Waals surface area contributed by atoms with Gasteiger partial charge in [0.1, 0.15) is 17.3 Å². The van der Waals surface area contributed by atoms with Crippen molar-refractivity contribution in [3.63, 3.8) is 0 Å². The fourth-order valence-corrected chi connectivity index (χ4v) is 2.86. The van der Waals surface area contributed by atoms with Crippen LogP contribution in [0.3, 0.4) is 0 Å². The molecule has 0 spiro atoms. The van der Waals surface area contributed by atoms with Crippen LogP contribution in [0.5, 0.6) is 0 Å². The van der Waals surface area contributed by atoms with Crippen molar-refractivity contribution in [1.82, 2.24) is 14.7 Å². The second kappa shape index (κ2) is 5.85. The van der Waals surface area contributed by atoms with Crippen molar-refractivity contribution >= 4 is 0 Å². The van der Waals surface area contributed by atoms with Crippen molar-refractivity contribution in [3.8, 4) is 17.3 Å². The number of aromatic nitrogens is 2. The summed E-state index contributed by atoms with van der Waals surface area (Å²) in [6.07, 6.45) is 1.17. The van der Waals surface area contributed by atoms with E-state index in [9.17, 15) is 8.78 Å². The van der Waals surface area contributed by atoms with Gasteiger partial charge in [-0.15, -0.1) is 0 Å². The molecule has 1 aliphatic heterocycles. The van der Waals surface area contributed by atoms with Crippen LogP contribution >= 0.6 is 0 Å². The van der Waals surface area contributed by atoms with E-state index in [1.807, 2.05) is 7.05 Å². The van der Waals surface area contributed by atoms with Crippen LogP contribution in [-0.2, 0) is 19.5 Å². The highest BCUT2D eigenvalue weighted by Gasteiger charge is 2.25. The Morgan fingerprint density at radius 1 is 1.36 bits per heavy atom. The van der Waals surface area contributed by atoms with E-state index < -0.39 is 11.6 Å². The second-order valence-corrected chi connectivity index (χ2v) is 5.52. The minimum Gasteiger partial charge on any atom is -0.302 e. The maximum absolute atomic E-state index is 14.1. The number of nitriles is 1. The zero-order valence-electron chi connectivity index (χ0n) is 12.3. The van der Waals surface area contributed by atoms with E-state index >= 15 is 0 Å². The van der Waals surface area contributed by atoms with Crippen LogP contribution < -0.4 is 0 Å². The molecule has 0 N–H and O–H groups in total. The molecule has 0 atom stereocenters. The number of hydrogen-bond acceptors (Lipinski definition) is 3. The molecule has 1 aliphatic rings. The van der Waals surface area contributed by atoms with E-state index in [0.717, 1.165) is 30.3 Å². The Morgan fingerprint density at radius 2 is 2.18 bits per heavy atom. The Bertz CT molecular complexity index is 745. The normalized spacial score (nSPS) is 14.6. The van der Waals surface area contributed by atoms with Gasteiger partial charge in [0.2, 0.25) is 0 Å². The van der Waals surface area contributed by atoms with Crippen molar-refractivity contribution in [2.75, 3.05) is 13.6 Å². The molecule has 0 radical (unpaired) electrons. The number of likely N-dealkylation sites (N-methyl/N-ethyl adjacent to an activating group) is 1. The third-order valence-corrected chi connectivity index (χ3v) is 3.95. The number of fused-ring (bicyclic) bond motifs is 1. The van der Waals surface area contributed by atoms with E-state index in [-0.39, 0.29) is 0 Å². The Morgan fingerprint density at radius 3 is 2.91 bits per heavy atom. The number of hydrogen-bond donors (Lipinski definition) is 0. The molecule has 0 aliphatic carbocycles. The summed E-state index contributed by atoms with van der Waals surface area (Å²) in [4.78, 5) is 2.14. The molecule has 1 aromatic heterocycles. The molecule has 1 aromatic carbocycles. The summed E-state index contributed by atoms with van der Waals surface area (Å²) in [7, 11) is 2.00. The summed E-state index contributed by atoms with van der Waals surface area (Å²) in [5, 5.41) is 13.3. The van der Waals surface area contributed by atoms with E-state index in [4.69, 9.17) is 5.26 Å². The van der Waals surface area contributed by atoms with Crippen LogP contribution in [0.4, 0.5) is 8.78 Å². The Labute approximate surface area is 127 Å². The van der Waals surface area contributed by atoms with E-state index in [2.05, 4.69) is 16.1 Å². The van der Waals surface area contributed by atoms with Crippen molar-refractivity contribution in [3.05, 3.63) is 41.1 Å². The molecule has 3 rings (SSSR count). The highest BCUT2D eigenvalue weighted by Crippen LogP contribution is 2.31. The zero-order chi connectivity index (χ0) is 15.7. The lowest BCUT2D eigenvalue weighted by molar-refractivity contribution is 0.307. The van der Waals surface area contributed by atoms with Crippen LogP contribution in [0.25, 0.3) is 11.3 Å². The predicted octanol–water partition coefficient (Wildman–Crippen LogP) is 2.73. The number of nitrogens with zero attached hydrogens (tertiary/aromatic N) is 4. The fraction of sp³-hybridized carbons (Fsp3) is 0.375. The molecule has 0 saturated heterocycles. The molecule has 0 unspecified atom stereocenters. The standard InChI is InChI=1S/C16H16F2N4/c1-21-8-5-15-13(10-21)16(20-22(15)7-2-6-19)12-4-3-11(17)9-14(12)18/h3-4,9H,2,5,7-8,10H2,1H3. The van der Waals surface area contributed by atoms with Gasteiger partial charge in [-0.3, -0.25) is 4.68 Å². The maximum atomic E-state index is 14.1. The van der Waals surface area contributed by atoms with Gasteiger partial charge in [0.25, 0.3) is 0 Å². The van der Waals surface area contributed by atoms with E-state index in [0.29, 0.717) is 30.8 Å². The van der Waals surface area contributed by atoms with Crippen LogP contribution in [0.15, 0.2) is 18.2 Å². The molecular weight excluding hydrogens is 286 g/mol. The van der Waals surface area contributed by atoms with Crippen molar-refractivity contribution in [1.29, 1.82) is 5.26 Å². The summed E-state index contributed by atoms with van der Waals surface area (Å²) < 4.78 is 29.0. The number of rotatable bonds is 3. The van der Waals surface area contributed by atoms with Crippen LogP contribution in [0.2, 0.25) is 0 Å². The van der Waals surface area contributed by atoms with Gasteiger partial charge in [0, 0.05) is 42.4 Å². The second-order valence-electron chi connectivity index (χ2n) is 5.52. The number of aryl methyl sites for hydroxylation is 1. The molecule has 6 heteroatoms.